The third kappa shape index (κ3) is 3.56. The molecule has 1 amide bonds. The Bertz CT molecular complexity index is 734. The first-order chi connectivity index (χ1) is 9.90. The Labute approximate surface area is 138 Å². The van der Waals surface area contributed by atoms with Gasteiger partial charge in [0.05, 0.1) is 21.3 Å². The molecule has 108 valence electrons. The monoisotopic (exact) mass is 387 g/mol. The van der Waals surface area contributed by atoms with Gasteiger partial charge in [0.25, 0.3) is 5.91 Å². The Morgan fingerprint density at radius 1 is 1.10 bits per heavy atom. The Hall–Kier alpha value is -1.56. The fourth-order valence-electron chi connectivity index (χ4n) is 1.71. The average Bonchev–Trinajstić information content (AvgIpc) is 2.41. The molecule has 0 aromatic heterocycles. The lowest BCUT2D eigenvalue weighted by Crippen LogP contribution is -2.15. The third-order valence-electron chi connectivity index (χ3n) is 2.65. The summed E-state index contributed by atoms with van der Waals surface area (Å²) >= 11 is 15.1. The predicted octanol–water partition coefficient (Wildman–Crippen LogP) is 4.71. The van der Waals surface area contributed by atoms with Gasteiger partial charge in [-0.3, -0.25) is 4.79 Å². The molecular weight excluding hydrogens is 381 g/mol. The molecule has 2 aromatic carbocycles. The summed E-state index contributed by atoms with van der Waals surface area (Å²) in [6, 6.07) is 9.25. The van der Waals surface area contributed by atoms with E-state index >= 15 is 0 Å². The fraction of sp³-hybridized carbons (Fsp3) is 0. The summed E-state index contributed by atoms with van der Waals surface area (Å²) in [6.07, 6.45) is 0. The number of hydrogen-bond donors (Lipinski definition) is 2. The van der Waals surface area contributed by atoms with Crippen molar-refractivity contribution < 1.29 is 14.7 Å². The molecule has 0 atom stereocenters. The second kappa shape index (κ2) is 6.47. The number of amides is 1. The topological polar surface area (TPSA) is 66.4 Å². The standard InChI is InChI=1S/C14H8BrCl2NO3/c15-7-4-5-9(16)8(6-7)13(19)18-11-3-1-2-10(17)12(11)14(20)21/h1-6H,(H,18,19)(H,20,21). The number of hydrogen-bond acceptors (Lipinski definition) is 2. The number of aromatic carboxylic acids is 1. The number of carboxylic acid groups (broad SMARTS) is 1. The predicted molar refractivity (Wildman–Crippen MR) is 85.5 cm³/mol. The lowest BCUT2D eigenvalue weighted by molar-refractivity contribution is 0.0698. The molecule has 0 saturated carbocycles. The zero-order chi connectivity index (χ0) is 15.6. The van der Waals surface area contributed by atoms with Crippen LogP contribution in [0.25, 0.3) is 0 Å². The molecular formula is C14H8BrCl2NO3. The number of nitrogens with one attached hydrogen (secondary N) is 1. The van der Waals surface area contributed by atoms with Crippen molar-refractivity contribution in [2.45, 2.75) is 0 Å². The van der Waals surface area contributed by atoms with Crippen LogP contribution in [0.4, 0.5) is 5.69 Å². The van der Waals surface area contributed by atoms with Crippen molar-refractivity contribution in [1.82, 2.24) is 0 Å². The number of halogens is 3. The molecule has 0 aliphatic heterocycles. The van der Waals surface area contributed by atoms with E-state index in [1.807, 2.05) is 0 Å². The minimum absolute atomic E-state index is 0.0423. The zero-order valence-electron chi connectivity index (χ0n) is 10.4. The molecule has 0 saturated heterocycles. The summed E-state index contributed by atoms with van der Waals surface area (Å²) in [4.78, 5) is 23.4. The van der Waals surface area contributed by atoms with Gasteiger partial charge >= 0.3 is 5.97 Å². The lowest BCUT2D eigenvalue weighted by Gasteiger charge is -2.10. The smallest absolute Gasteiger partial charge is 0.339 e. The van der Waals surface area contributed by atoms with Crippen molar-refractivity contribution in [2.75, 3.05) is 5.32 Å². The van der Waals surface area contributed by atoms with Crippen LogP contribution < -0.4 is 5.32 Å². The Morgan fingerprint density at radius 2 is 1.81 bits per heavy atom. The zero-order valence-corrected chi connectivity index (χ0v) is 13.5. The number of carbonyl (C=O) groups is 2. The van der Waals surface area contributed by atoms with Crippen molar-refractivity contribution in [1.29, 1.82) is 0 Å². The number of benzene rings is 2. The van der Waals surface area contributed by atoms with E-state index in [2.05, 4.69) is 21.2 Å². The summed E-state index contributed by atoms with van der Waals surface area (Å²) in [5.41, 5.74) is 0.164. The third-order valence-corrected chi connectivity index (χ3v) is 3.79. The van der Waals surface area contributed by atoms with Gasteiger partial charge in [0.15, 0.2) is 0 Å². The van der Waals surface area contributed by atoms with Crippen molar-refractivity contribution in [3.8, 4) is 0 Å². The largest absolute Gasteiger partial charge is 0.478 e. The van der Waals surface area contributed by atoms with Crippen LogP contribution in [0.5, 0.6) is 0 Å². The van der Waals surface area contributed by atoms with Crippen molar-refractivity contribution >= 4 is 56.7 Å². The van der Waals surface area contributed by atoms with Gasteiger partial charge in [-0.2, -0.15) is 0 Å². The SMILES string of the molecule is O=C(Nc1cccc(Cl)c1C(=O)O)c1cc(Br)ccc1Cl. The van der Waals surface area contributed by atoms with Crippen molar-refractivity contribution in [3.05, 3.63) is 62.0 Å². The van der Waals surface area contributed by atoms with E-state index in [9.17, 15) is 9.59 Å². The molecule has 4 nitrogen and oxygen atoms in total. The van der Waals surface area contributed by atoms with Crippen molar-refractivity contribution in [2.24, 2.45) is 0 Å². The van der Waals surface area contributed by atoms with Crippen LogP contribution in [0.1, 0.15) is 20.7 Å². The summed E-state index contributed by atoms with van der Waals surface area (Å²) in [5, 5.41) is 12.0. The quantitative estimate of drug-likeness (QED) is 0.800. The van der Waals surface area contributed by atoms with E-state index in [4.69, 9.17) is 28.3 Å². The highest BCUT2D eigenvalue weighted by Crippen LogP contribution is 2.26. The second-order valence-corrected chi connectivity index (χ2v) is 5.78. The maximum Gasteiger partial charge on any atom is 0.339 e. The summed E-state index contributed by atoms with van der Waals surface area (Å²) in [5.74, 6) is -1.75. The molecule has 0 unspecified atom stereocenters. The van der Waals surface area contributed by atoms with Crippen LogP contribution in [-0.2, 0) is 0 Å². The molecule has 0 heterocycles. The normalized spacial score (nSPS) is 10.2. The van der Waals surface area contributed by atoms with E-state index in [1.54, 1.807) is 24.3 Å². The fourth-order valence-corrected chi connectivity index (χ4v) is 2.53. The lowest BCUT2D eigenvalue weighted by atomic mass is 10.1. The average molecular weight is 389 g/mol. The first-order valence-electron chi connectivity index (χ1n) is 5.68. The number of carbonyl (C=O) groups excluding carboxylic acids is 1. The van der Waals surface area contributed by atoms with E-state index in [0.717, 1.165) is 0 Å². The van der Waals surface area contributed by atoms with Gasteiger partial charge in [0.2, 0.25) is 0 Å². The molecule has 2 rings (SSSR count). The van der Waals surface area contributed by atoms with Crippen LogP contribution in [0.3, 0.4) is 0 Å². The van der Waals surface area contributed by atoms with E-state index in [1.165, 1.54) is 12.1 Å². The maximum absolute atomic E-state index is 12.2. The summed E-state index contributed by atoms with van der Waals surface area (Å²) in [7, 11) is 0. The molecule has 0 radical (unpaired) electrons. The van der Waals surface area contributed by atoms with Gasteiger partial charge in [0, 0.05) is 4.47 Å². The van der Waals surface area contributed by atoms with Crippen LogP contribution >= 0.6 is 39.1 Å². The Balaban J connectivity index is 2.39. The first-order valence-corrected chi connectivity index (χ1v) is 7.23. The van der Waals surface area contributed by atoms with Crippen LogP contribution in [0.2, 0.25) is 10.0 Å². The van der Waals surface area contributed by atoms with Crippen molar-refractivity contribution in [3.63, 3.8) is 0 Å². The van der Waals surface area contributed by atoms with Gasteiger partial charge in [-0.1, -0.05) is 45.2 Å². The van der Waals surface area contributed by atoms with Gasteiger partial charge in [0.1, 0.15) is 5.56 Å². The van der Waals surface area contributed by atoms with E-state index in [0.29, 0.717) is 4.47 Å². The molecule has 0 spiro atoms. The minimum Gasteiger partial charge on any atom is -0.478 e. The van der Waals surface area contributed by atoms with Crippen LogP contribution in [-0.4, -0.2) is 17.0 Å². The number of anilines is 1. The summed E-state index contributed by atoms with van der Waals surface area (Å²) in [6.45, 7) is 0. The second-order valence-electron chi connectivity index (χ2n) is 4.05. The summed E-state index contributed by atoms with van der Waals surface area (Å²) < 4.78 is 0.682. The molecule has 2 N–H and O–H groups in total. The highest BCUT2D eigenvalue weighted by atomic mass is 79.9. The molecule has 2 aromatic rings. The number of rotatable bonds is 3. The highest BCUT2D eigenvalue weighted by molar-refractivity contribution is 9.10. The molecule has 21 heavy (non-hydrogen) atoms. The Kier molecular flexibility index (Phi) is 4.88. The maximum atomic E-state index is 12.2. The number of carboxylic acids is 1. The van der Waals surface area contributed by atoms with E-state index < -0.39 is 11.9 Å². The van der Waals surface area contributed by atoms with Gasteiger partial charge in [-0.15, -0.1) is 0 Å². The Morgan fingerprint density at radius 3 is 2.48 bits per heavy atom. The first kappa shape index (κ1) is 15.8. The minimum atomic E-state index is -1.23. The molecule has 0 aliphatic carbocycles. The molecule has 0 fully saturated rings. The van der Waals surface area contributed by atoms with Gasteiger partial charge in [-0.25, -0.2) is 4.79 Å². The van der Waals surface area contributed by atoms with Gasteiger partial charge < -0.3 is 10.4 Å². The van der Waals surface area contributed by atoms with E-state index in [-0.39, 0.29) is 26.9 Å². The van der Waals surface area contributed by atoms with Crippen LogP contribution in [0, 0.1) is 0 Å². The highest BCUT2D eigenvalue weighted by Gasteiger charge is 2.18. The van der Waals surface area contributed by atoms with Crippen LogP contribution in [0.15, 0.2) is 40.9 Å². The van der Waals surface area contributed by atoms with Gasteiger partial charge in [-0.05, 0) is 30.3 Å². The molecule has 7 heteroatoms. The molecule has 0 aliphatic rings. The molecule has 0 bridgehead atoms.